The molecule has 160 valence electrons. The molecule has 0 aliphatic carbocycles. The zero-order chi connectivity index (χ0) is 22.4. The summed E-state index contributed by atoms with van der Waals surface area (Å²) < 4.78 is 27.2. The Morgan fingerprint density at radius 2 is 1.23 bits per heavy atom. The van der Waals surface area contributed by atoms with E-state index in [9.17, 15) is 18.0 Å². The average molecular weight is 438 g/mol. The molecule has 0 heterocycles. The second-order valence-corrected chi connectivity index (χ2v) is 8.85. The maximum atomic E-state index is 12.5. The number of sulfonamides is 1. The molecule has 0 unspecified atom stereocenters. The van der Waals surface area contributed by atoms with Crippen molar-refractivity contribution in [3.63, 3.8) is 0 Å². The predicted octanol–water partition coefficient (Wildman–Crippen LogP) is 4.33. The zero-order valence-electron chi connectivity index (χ0n) is 17.1. The lowest BCUT2D eigenvalue weighted by atomic mass is 10.2. The first kappa shape index (κ1) is 22.0. The Kier molecular flexibility index (Phi) is 6.71. The van der Waals surface area contributed by atoms with Gasteiger partial charge in [0.25, 0.3) is 15.9 Å². The van der Waals surface area contributed by atoms with Crippen molar-refractivity contribution in [1.82, 2.24) is 0 Å². The van der Waals surface area contributed by atoms with Crippen LogP contribution >= 0.6 is 0 Å². The molecule has 0 aliphatic rings. The fourth-order valence-corrected chi connectivity index (χ4v) is 3.71. The molecule has 31 heavy (non-hydrogen) atoms. The molecule has 0 saturated heterocycles. The first-order chi connectivity index (χ1) is 14.7. The second-order valence-electron chi connectivity index (χ2n) is 7.17. The molecule has 3 rings (SSSR count). The SMILES string of the molecule is CC(C)C(=O)Nc1ccc(NC(=O)c2ccc(NS(=O)(=O)c3ccccc3)cc2)cc1. The third kappa shape index (κ3) is 5.93. The highest BCUT2D eigenvalue weighted by molar-refractivity contribution is 7.92. The summed E-state index contributed by atoms with van der Waals surface area (Å²) in [6.07, 6.45) is 0. The standard InChI is InChI=1S/C23H23N3O4S/c1-16(2)22(27)24-18-12-14-19(15-13-18)25-23(28)17-8-10-20(11-9-17)26-31(29,30)21-6-4-3-5-7-21/h3-16,26H,1-2H3,(H,24,27)(H,25,28). The van der Waals surface area contributed by atoms with Crippen LogP contribution in [0.4, 0.5) is 17.1 Å². The van der Waals surface area contributed by atoms with E-state index in [-0.39, 0.29) is 22.6 Å². The van der Waals surface area contributed by atoms with Gasteiger partial charge in [-0.05, 0) is 60.7 Å². The Bertz CT molecular complexity index is 1160. The molecule has 0 saturated carbocycles. The maximum Gasteiger partial charge on any atom is 0.261 e. The summed E-state index contributed by atoms with van der Waals surface area (Å²) >= 11 is 0. The van der Waals surface area contributed by atoms with E-state index in [4.69, 9.17) is 0 Å². The summed E-state index contributed by atoms with van der Waals surface area (Å²) in [4.78, 5) is 24.4. The third-order valence-corrected chi connectivity index (χ3v) is 5.78. The Hall–Kier alpha value is -3.65. The van der Waals surface area contributed by atoms with Crippen molar-refractivity contribution in [2.24, 2.45) is 5.92 Å². The van der Waals surface area contributed by atoms with Gasteiger partial charge in [-0.3, -0.25) is 14.3 Å². The number of amides is 2. The Labute approximate surface area is 181 Å². The Balaban J connectivity index is 1.62. The average Bonchev–Trinajstić information content (AvgIpc) is 2.76. The maximum absolute atomic E-state index is 12.5. The first-order valence-electron chi connectivity index (χ1n) is 9.65. The van der Waals surface area contributed by atoms with Crippen molar-refractivity contribution < 1.29 is 18.0 Å². The fraction of sp³-hybridized carbons (Fsp3) is 0.130. The van der Waals surface area contributed by atoms with Gasteiger partial charge in [0.2, 0.25) is 5.91 Å². The number of anilines is 3. The van der Waals surface area contributed by atoms with Crippen molar-refractivity contribution in [2.75, 3.05) is 15.4 Å². The minimum absolute atomic E-state index is 0.0836. The predicted molar refractivity (Wildman–Crippen MR) is 122 cm³/mol. The molecular weight excluding hydrogens is 414 g/mol. The molecule has 3 aromatic carbocycles. The van der Waals surface area contributed by atoms with E-state index >= 15 is 0 Å². The highest BCUT2D eigenvalue weighted by Crippen LogP contribution is 2.18. The largest absolute Gasteiger partial charge is 0.326 e. The van der Waals surface area contributed by atoms with Gasteiger partial charge in [0.1, 0.15) is 0 Å². The van der Waals surface area contributed by atoms with E-state index in [1.165, 1.54) is 36.4 Å². The summed E-state index contributed by atoms with van der Waals surface area (Å²) in [6.45, 7) is 3.61. The number of hydrogen-bond donors (Lipinski definition) is 3. The van der Waals surface area contributed by atoms with Gasteiger partial charge in [0, 0.05) is 28.5 Å². The van der Waals surface area contributed by atoms with Crippen LogP contribution in [-0.2, 0) is 14.8 Å². The van der Waals surface area contributed by atoms with Gasteiger partial charge >= 0.3 is 0 Å². The quantitative estimate of drug-likeness (QED) is 0.512. The van der Waals surface area contributed by atoms with Crippen LogP contribution in [0.5, 0.6) is 0 Å². The van der Waals surface area contributed by atoms with E-state index in [0.717, 1.165) is 0 Å². The number of benzene rings is 3. The van der Waals surface area contributed by atoms with E-state index in [2.05, 4.69) is 15.4 Å². The zero-order valence-corrected chi connectivity index (χ0v) is 17.9. The van der Waals surface area contributed by atoms with Crippen LogP contribution in [0, 0.1) is 5.92 Å². The smallest absolute Gasteiger partial charge is 0.261 e. The fourth-order valence-electron chi connectivity index (χ4n) is 2.63. The molecular formula is C23H23N3O4S. The molecule has 8 heteroatoms. The van der Waals surface area contributed by atoms with Crippen molar-refractivity contribution in [3.05, 3.63) is 84.4 Å². The summed E-state index contributed by atoms with van der Waals surface area (Å²) in [5, 5.41) is 5.55. The van der Waals surface area contributed by atoms with Gasteiger partial charge in [-0.2, -0.15) is 0 Å². The summed E-state index contributed by atoms with van der Waals surface area (Å²) in [5.74, 6) is -0.546. The van der Waals surface area contributed by atoms with Gasteiger partial charge in [0.15, 0.2) is 0 Å². The second kappa shape index (κ2) is 9.44. The van der Waals surface area contributed by atoms with Crippen LogP contribution in [0.3, 0.4) is 0 Å². The van der Waals surface area contributed by atoms with Crippen molar-refractivity contribution in [3.8, 4) is 0 Å². The minimum Gasteiger partial charge on any atom is -0.326 e. The number of nitrogens with one attached hydrogen (secondary N) is 3. The van der Waals surface area contributed by atoms with Crippen LogP contribution in [0.15, 0.2) is 83.8 Å². The number of rotatable bonds is 7. The Morgan fingerprint density at radius 3 is 1.77 bits per heavy atom. The van der Waals surface area contributed by atoms with Crippen molar-refractivity contribution >= 4 is 38.9 Å². The lowest BCUT2D eigenvalue weighted by Gasteiger charge is -2.10. The first-order valence-corrected chi connectivity index (χ1v) is 11.1. The number of carbonyl (C=O) groups excluding carboxylic acids is 2. The lowest BCUT2D eigenvalue weighted by Crippen LogP contribution is -2.17. The third-order valence-electron chi connectivity index (χ3n) is 4.39. The normalized spacial score (nSPS) is 11.1. The molecule has 0 bridgehead atoms. The molecule has 0 aromatic heterocycles. The highest BCUT2D eigenvalue weighted by atomic mass is 32.2. The van der Waals surface area contributed by atoms with Crippen molar-refractivity contribution in [1.29, 1.82) is 0 Å². The van der Waals surface area contributed by atoms with Crippen LogP contribution in [0.25, 0.3) is 0 Å². The highest BCUT2D eigenvalue weighted by Gasteiger charge is 2.14. The number of carbonyl (C=O) groups is 2. The molecule has 3 aromatic rings. The molecule has 0 spiro atoms. The van der Waals surface area contributed by atoms with Crippen LogP contribution in [-0.4, -0.2) is 20.2 Å². The van der Waals surface area contributed by atoms with Crippen LogP contribution in [0.1, 0.15) is 24.2 Å². The molecule has 0 radical (unpaired) electrons. The molecule has 0 fully saturated rings. The molecule has 3 N–H and O–H groups in total. The van der Waals surface area contributed by atoms with E-state index < -0.39 is 10.0 Å². The topological polar surface area (TPSA) is 104 Å². The summed E-state index contributed by atoms with van der Waals surface area (Å²) in [7, 11) is -3.69. The van der Waals surface area contributed by atoms with Gasteiger partial charge in [-0.15, -0.1) is 0 Å². The molecule has 0 atom stereocenters. The summed E-state index contributed by atoms with van der Waals surface area (Å²) in [6, 6.07) is 21.0. The number of hydrogen-bond acceptors (Lipinski definition) is 4. The van der Waals surface area contributed by atoms with Crippen LogP contribution in [0.2, 0.25) is 0 Å². The van der Waals surface area contributed by atoms with Gasteiger partial charge in [-0.1, -0.05) is 32.0 Å². The summed E-state index contributed by atoms with van der Waals surface area (Å²) in [5.41, 5.74) is 1.94. The molecule has 2 amide bonds. The minimum atomic E-state index is -3.69. The van der Waals surface area contributed by atoms with E-state index in [0.29, 0.717) is 22.6 Å². The van der Waals surface area contributed by atoms with Gasteiger partial charge in [0.05, 0.1) is 4.90 Å². The van der Waals surface area contributed by atoms with Crippen molar-refractivity contribution in [2.45, 2.75) is 18.7 Å². The van der Waals surface area contributed by atoms with E-state index in [1.807, 2.05) is 13.8 Å². The van der Waals surface area contributed by atoms with E-state index in [1.54, 1.807) is 42.5 Å². The molecule has 0 aliphatic heterocycles. The molecule has 7 nitrogen and oxygen atoms in total. The Morgan fingerprint density at radius 1 is 0.710 bits per heavy atom. The van der Waals surface area contributed by atoms with Crippen LogP contribution < -0.4 is 15.4 Å². The lowest BCUT2D eigenvalue weighted by molar-refractivity contribution is -0.118. The van der Waals surface area contributed by atoms with Gasteiger partial charge in [-0.25, -0.2) is 8.42 Å². The monoisotopic (exact) mass is 437 g/mol. The van der Waals surface area contributed by atoms with Gasteiger partial charge < -0.3 is 10.6 Å².